The number of carbonyl (C=O) groups is 6. The minimum absolute atomic E-state index is 0.0765. The first-order valence-corrected chi connectivity index (χ1v) is 15.8. The highest BCUT2D eigenvalue weighted by Gasteiger charge is 2.54. The number of nitrogens with zero attached hydrogens (tertiary/aromatic N) is 5. The van der Waals surface area contributed by atoms with Crippen LogP contribution in [0, 0.1) is 0 Å². The smallest absolute Gasteiger partial charge is 0.352 e. The monoisotopic (exact) mass is 647 g/mol. The summed E-state index contributed by atoms with van der Waals surface area (Å²) in [5.74, 6) is -4.09. The summed E-state index contributed by atoms with van der Waals surface area (Å²) in [6.45, 7) is 2.06. The van der Waals surface area contributed by atoms with Crippen molar-refractivity contribution in [2.75, 3.05) is 31.1 Å². The number of rotatable bonds is 9. The summed E-state index contributed by atoms with van der Waals surface area (Å²) in [5.41, 5.74) is 2.18. The largest absolute Gasteiger partial charge is 0.508 e. The molecule has 1 aromatic carbocycles. The molecule has 3 aliphatic heterocycles. The molecular formula is C25H25N7O8S3. The lowest BCUT2D eigenvalue weighted by atomic mass is 10.0. The van der Waals surface area contributed by atoms with Crippen molar-refractivity contribution in [3.05, 3.63) is 46.6 Å². The van der Waals surface area contributed by atoms with Crippen LogP contribution in [-0.2, 0) is 24.0 Å². The minimum atomic E-state index is -1.41. The van der Waals surface area contributed by atoms with Crippen LogP contribution in [0.4, 0.5) is 4.79 Å². The third-order valence-electron chi connectivity index (χ3n) is 6.95. The van der Waals surface area contributed by atoms with Crippen molar-refractivity contribution < 1.29 is 39.0 Å². The van der Waals surface area contributed by atoms with Crippen LogP contribution >= 0.6 is 34.9 Å². The molecular weight excluding hydrogens is 623 g/mol. The molecule has 2 fully saturated rings. The number of piperazine rings is 1. The summed E-state index contributed by atoms with van der Waals surface area (Å²) in [6, 6.07) is 1.90. The Kier molecular flexibility index (Phi) is 8.88. The zero-order valence-electron chi connectivity index (χ0n) is 22.5. The molecule has 43 heavy (non-hydrogen) atoms. The number of likely N-dealkylation sites (N-methyl/N-ethyl adjacent to an activating group) is 1. The molecule has 226 valence electrons. The molecule has 0 aliphatic carbocycles. The van der Waals surface area contributed by atoms with Crippen molar-refractivity contribution >= 4 is 70.5 Å². The first-order valence-electron chi connectivity index (χ1n) is 12.9. The Morgan fingerprint density at radius 1 is 1.14 bits per heavy atom. The number of phenolic OH excluding ortho intramolecular Hbond substituents is 1. The van der Waals surface area contributed by atoms with Crippen molar-refractivity contribution in [3.63, 3.8) is 0 Å². The zero-order chi connectivity index (χ0) is 30.8. The van der Waals surface area contributed by atoms with Crippen LogP contribution in [0.5, 0.6) is 5.75 Å². The topological polar surface area (TPSA) is 202 Å². The van der Waals surface area contributed by atoms with E-state index in [0.29, 0.717) is 32.9 Å². The number of thioether (sulfide) groups is 2. The number of fused-ring (bicyclic) bond motifs is 1. The molecule has 4 N–H and O–H groups in total. The molecule has 3 atom stereocenters. The predicted octanol–water partition coefficient (Wildman–Crippen LogP) is 0.216. The molecule has 2 aromatic rings. The van der Waals surface area contributed by atoms with E-state index in [1.165, 1.54) is 64.0 Å². The van der Waals surface area contributed by atoms with E-state index in [2.05, 4.69) is 20.8 Å². The lowest BCUT2D eigenvalue weighted by Gasteiger charge is -2.49. The van der Waals surface area contributed by atoms with E-state index >= 15 is 0 Å². The Morgan fingerprint density at radius 2 is 1.88 bits per heavy atom. The molecule has 2 saturated heterocycles. The summed E-state index contributed by atoms with van der Waals surface area (Å²) < 4.78 is 0.657. The SMILES string of the molecule is CCN1CCN(C(=O)N[C@@H](C(=O)NC2C(=O)N3C(C(=O)O)=C(CSc4nncs4)CS[C@H]23)c2ccc(O)cc2)C(=O)C1=O. The number of β-lactam (4-membered cyclic amide) rings is 1. The number of carboxylic acids is 1. The fourth-order valence-corrected chi connectivity index (χ4v) is 7.72. The maximum absolute atomic E-state index is 13.5. The van der Waals surface area contributed by atoms with Gasteiger partial charge in [-0.2, -0.15) is 0 Å². The minimum Gasteiger partial charge on any atom is -0.508 e. The van der Waals surface area contributed by atoms with Crippen LogP contribution < -0.4 is 10.6 Å². The lowest BCUT2D eigenvalue weighted by Crippen LogP contribution is -2.71. The van der Waals surface area contributed by atoms with Gasteiger partial charge in [-0.05, 0) is 30.2 Å². The van der Waals surface area contributed by atoms with Crippen molar-refractivity contribution in [2.45, 2.75) is 28.7 Å². The van der Waals surface area contributed by atoms with E-state index in [0.717, 1.165) is 4.90 Å². The molecule has 1 aromatic heterocycles. The average Bonchev–Trinajstić information content (AvgIpc) is 3.52. The van der Waals surface area contributed by atoms with Gasteiger partial charge in [-0.1, -0.05) is 35.2 Å². The number of aromatic hydroxyl groups is 1. The van der Waals surface area contributed by atoms with Gasteiger partial charge in [0.25, 0.3) is 5.91 Å². The van der Waals surface area contributed by atoms with Crippen LogP contribution in [0.1, 0.15) is 18.5 Å². The second-order valence-electron chi connectivity index (χ2n) is 9.46. The zero-order valence-corrected chi connectivity index (χ0v) is 24.9. The van der Waals surface area contributed by atoms with Gasteiger partial charge < -0.3 is 25.7 Å². The molecule has 3 aliphatic rings. The van der Waals surface area contributed by atoms with E-state index in [-0.39, 0.29) is 30.1 Å². The van der Waals surface area contributed by atoms with Crippen LogP contribution in [0.3, 0.4) is 0 Å². The van der Waals surface area contributed by atoms with E-state index < -0.39 is 53.1 Å². The van der Waals surface area contributed by atoms with Gasteiger partial charge in [-0.15, -0.1) is 22.0 Å². The molecule has 0 spiro atoms. The first-order chi connectivity index (χ1) is 20.6. The molecule has 15 nitrogen and oxygen atoms in total. The number of benzene rings is 1. The van der Waals surface area contributed by atoms with Gasteiger partial charge in [0.15, 0.2) is 4.34 Å². The van der Waals surface area contributed by atoms with Crippen LogP contribution in [0.15, 0.2) is 45.4 Å². The van der Waals surface area contributed by atoms with E-state index in [9.17, 15) is 39.0 Å². The Bertz CT molecular complexity index is 1500. The fourth-order valence-electron chi connectivity index (χ4n) is 4.74. The number of aliphatic carboxylic acids is 1. The molecule has 0 saturated carbocycles. The summed E-state index contributed by atoms with van der Waals surface area (Å²) in [6.07, 6.45) is 0. The maximum Gasteiger partial charge on any atom is 0.352 e. The van der Waals surface area contributed by atoms with Crippen molar-refractivity contribution in [3.8, 4) is 5.75 Å². The molecule has 1 unspecified atom stereocenters. The predicted molar refractivity (Wildman–Crippen MR) is 154 cm³/mol. The number of aromatic nitrogens is 2. The average molecular weight is 648 g/mol. The van der Waals surface area contributed by atoms with Crippen molar-refractivity contribution in [1.29, 1.82) is 0 Å². The normalized spacial score (nSPS) is 20.9. The fraction of sp³-hybridized carbons (Fsp3) is 0.360. The number of nitrogens with one attached hydrogen (secondary N) is 2. The highest BCUT2D eigenvalue weighted by molar-refractivity contribution is 8.01. The molecule has 4 heterocycles. The van der Waals surface area contributed by atoms with Gasteiger partial charge >= 0.3 is 23.8 Å². The highest BCUT2D eigenvalue weighted by Crippen LogP contribution is 2.42. The van der Waals surface area contributed by atoms with Crippen molar-refractivity contribution in [2.24, 2.45) is 0 Å². The first kappa shape index (κ1) is 30.3. The van der Waals surface area contributed by atoms with Gasteiger partial charge in [0.05, 0.1) is 0 Å². The number of hydrogen-bond donors (Lipinski definition) is 4. The van der Waals surface area contributed by atoms with Crippen LogP contribution in [0.2, 0.25) is 0 Å². The number of urea groups is 1. The summed E-state index contributed by atoms with van der Waals surface area (Å²) >= 11 is 3.91. The molecule has 18 heteroatoms. The second-order valence-corrected chi connectivity index (χ2v) is 12.6. The summed E-state index contributed by atoms with van der Waals surface area (Å²) in [7, 11) is 0. The maximum atomic E-state index is 13.5. The van der Waals surface area contributed by atoms with Gasteiger partial charge in [0, 0.05) is 31.1 Å². The number of carboxylic acid groups (broad SMARTS) is 1. The number of hydrogen-bond acceptors (Lipinski definition) is 12. The number of carbonyl (C=O) groups excluding carboxylic acids is 5. The molecule has 0 bridgehead atoms. The Labute approximate surface area is 256 Å². The Morgan fingerprint density at radius 3 is 2.53 bits per heavy atom. The van der Waals surface area contributed by atoms with Crippen LogP contribution in [-0.4, -0.2) is 113 Å². The Balaban J connectivity index is 1.31. The van der Waals surface area contributed by atoms with E-state index in [1.54, 1.807) is 12.4 Å². The van der Waals surface area contributed by atoms with Gasteiger partial charge in [0.2, 0.25) is 5.91 Å². The number of imide groups is 1. The van der Waals surface area contributed by atoms with Gasteiger partial charge in [-0.3, -0.25) is 29.0 Å². The van der Waals surface area contributed by atoms with Gasteiger partial charge in [-0.25, -0.2) is 9.59 Å². The van der Waals surface area contributed by atoms with Gasteiger partial charge in [0.1, 0.15) is 34.4 Å². The molecule has 6 amide bonds. The third-order valence-corrected chi connectivity index (χ3v) is 10.2. The number of amides is 6. The molecule has 0 radical (unpaired) electrons. The second kappa shape index (κ2) is 12.6. The Hall–Kier alpha value is -4.16. The quantitative estimate of drug-likeness (QED) is 0.164. The standard InChI is InChI=1S/C25H25N7O8S3/c1-2-30-7-8-31(21(37)20(30)36)24(40)28-15(12-3-5-14(33)6-4-12)18(34)27-16-19(35)32-17(23(38)39)13(9-41-22(16)32)10-42-25-29-26-11-43-25/h3-6,11,15-16,22,33H,2,7-10H2,1H3,(H,27,34)(H,28,40)(H,38,39)/t15-,16?,22-/m1/s1. The van der Waals surface area contributed by atoms with Crippen molar-refractivity contribution in [1.82, 2.24) is 35.5 Å². The van der Waals surface area contributed by atoms with Crippen LogP contribution in [0.25, 0.3) is 0 Å². The highest BCUT2D eigenvalue weighted by atomic mass is 32.2. The van der Waals surface area contributed by atoms with E-state index in [4.69, 9.17) is 0 Å². The van der Waals surface area contributed by atoms with E-state index in [1.807, 2.05) is 0 Å². The summed E-state index contributed by atoms with van der Waals surface area (Å²) in [5, 5.41) is 31.7. The summed E-state index contributed by atoms with van der Waals surface area (Å²) in [4.78, 5) is 80.0. The lowest BCUT2D eigenvalue weighted by molar-refractivity contribution is -0.153. The molecule has 5 rings (SSSR count). The third kappa shape index (κ3) is 6.02. The number of phenols is 1.